The molecule has 1 aliphatic rings. The molecule has 4 nitrogen and oxygen atoms in total. The van der Waals surface area contributed by atoms with Gasteiger partial charge in [-0.05, 0) is 33.6 Å². The fourth-order valence-electron chi connectivity index (χ4n) is 1.45. The summed E-state index contributed by atoms with van der Waals surface area (Å²) in [6.07, 6.45) is 1.58. The van der Waals surface area contributed by atoms with Crippen LogP contribution in [0.15, 0.2) is 0 Å². The predicted molar refractivity (Wildman–Crippen MR) is 48.2 cm³/mol. The molecule has 1 aliphatic heterocycles. The van der Waals surface area contributed by atoms with E-state index in [-0.39, 0.29) is 5.60 Å². The minimum Gasteiger partial charge on any atom is -0.480 e. The maximum absolute atomic E-state index is 10.8. The molecule has 0 amide bonds. The van der Waals surface area contributed by atoms with Crippen molar-refractivity contribution in [2.45, 2.75) is 45.3 Å². The van der Waals surface area contributed by atoms with Crippen molar-refractivity contribution in [3.05, 3.63) is 0 Å². The van der Waals surface area contributed by atoms with Crippen molar-refractivity contribution in [3.8, 4) is 0 Å². The van der Waals surface area contributed by atoms with Gasteiger partial charge in [-0.3, -0.25) is 9.63 Å². The molecule has 0 unspecified atom stereocenters. The number of rotatable bonds is 2. The lowest BCUT2D eigenvalue weighted by Crippen LogP contribution is -2.41. The molecule has 0 aliphatic carbocycles. The molecule has 0 bridgehead atoms. The van der Waals surface area contributed by atoms with Crippen molar-refractivity contribution in [1.29, 1.82) is 0 Å². The highest BCUT2D eigenvalue weighted by Crippen LogP contribution is 2.22. The summed E-state index contributed by atoms with van der Waals surface area (Å²) in [6, 6.07) is -0.459. The van der Waals surface area contributed by atoms with E-state index in [0.29, 0.717) is 13.0 Å². The zero-order chi connectivity index (χ0) is 10.1. The molecule has 1 rings (SSSR count). The van der Waals surface area contributed by atoms with Gasteiger partial charge in [0.1, 0.15) is 6.04 Å². The molecule has 13 heavy (non-hydrogen) atoms. The summed E-state index contributed by atoms with van der Waals surface area (Å²) < 4.78 is 0. The second-order valence-electron chi connectivity index (χ2n) is 4.34. The van der Waals surface area contributed by atoms with Gasteiger partial charge in [-0.2, -0.15) is 5.06 Å². The average molecular weight is 187 g/mol. The van der Waals surface area contributed by atoms with Crippen LogP contribution >= 0.6 is 0 Å². The Morgan fingerprint density at radius 3 is 2.62 bits per heavy atom. The Bertz CT molecular complexity index is 198. The highest BCUT2D eigenvalue weighted by Gasteiger charge is 2.33. The summed E-state index contributed by atoms with van der Waals surface area (Å²) in [5.41, 5.74) is -0.307. The highest BCUT2D eigenvalue weighted by molar-refractivity contribution is 5.73. The quantitative estimate of drug-likeness (QED) is 0.707. The van der Waals surface area contributed by atoms with Gasteiger partial charge in [0.2, 0.25) is 0 Å². The lowest BCUT2D eigenvalue weighted by molar-refractivity contribution is -0.237. The summed E-state index contributed by atoms with van der Waals surface area (Å²) >= 11 is 0. The second kappa shape index (κ2) is 3.64. The summed E-state index contributed by atoms with van der Waals surface area (Å²) in [7, 11) is 0. The minimum absolute atomic E-state index is 0.307. The smallest absolute Gasteiger partial charge is 0.323 e. The van der Waals surface area contributed by atoms with Crippen molar-refractivity contribution in [1.82, 2.24) is 5.06 Å². The standard InChI is InChI=1S/C9H17NO3/c1-9(2,3)13-10-6-4-5-7(10)8(11)12/h7H,4-6H2,1-3H3,(H,11,12)/t7-/m1/s1. The van der Waals surface area contributed by atoms with Crippen molar-refractivity contribution in [2.75, 3.05) is 6.54 Å². The molecule has 1 fully saturated rings. The Labute approximate surface area is 78.4 Å². The third-order valence-corrected chi connectivity index (χ3v) is 1.88. The van der Waals surface area contributed by atoms with Crippen molar-refractivity contribution >= 4 is 5.97 Å². The van der Waals surface area contributed by atoms with Crippen LogP contribution in [0.1, 0.15) is 33.6 Å². The maximum Gasteiger partial charge on any atom is 0.323 e. The summed E-state index contributed by atoms with van der Waals surface area (Å²) in [5, 5.41) is 10.4. The molecule has 1 heterocycles. The number of carbonyl (C=O) groups is 1. The first-order chi connectivity index (χ1) is 5.90. The van der Waals surface area contributed by atoms with Crippen molar-refractivity contribution in [2.24, 2.45) is 0 Å². The van der Waals surface area contributed by atoms with Crippen LogP contribution in [0.25, 0.3) is 0 Å². The van der Waals surface area contributed by atoms with E-state index in [1.165, 1.54) is 0 Å². The molecule has 0 saturated carbocycles. The van der Waals surface area contributed by atoms with Crippen LogP contribution in [0.3, 0.4) is 0 Å². The molecule has 0 spiro atoms. The van der Waals surface area contributed by atoms with E-state index in [9.17, 15) is 4.79 Å². The molecule has 0 radical (unpaired) electrons. The molecular weight excluding hydrogens is 170 g/mol. The molecule has 1 N–H and O–H groups in total. The third kappa shape index (κ3) is 2.97. The van der Waals surface area contributed by atoms with Gasteiger partial charge in [-0.1, -0.05) is 0 Å². The molecule has 1 saturated heterocycles. The van der Waals surface area contributed by atoms with E-state index >= 15 is 0 Å². The monoisotopic (exact) mass is 187 g/mol. The number of nitrogens with zero attached hydrogens (tertiary/aromatic N) is 1. The Balaban J connectivity index is 2.54. The molecule has 4 heteroatoms. The normalized spacial score (nSPS) is 25.0. The number of hydrogen-bond donors (Lipinski definition) is 1. The first kappa shape index (κ1) is 10.5. The summed E-state index contributed by atoms with van der Waals surface area (Å²) in [6.45, 7) is 6.48. The first-order valence-electron chi connectivity index (χ1n) is 4.59. The zero-order valence-corrected chi connectivity index (χ0v) is 8.41. The van der Waals surface area contributed by atoms with Gasteiger partial charge in [-0.25, -0.2) is 0 Å². The Morgan fingerprint density at radius 1 is 1.54 bits per heavy atom. The van der Waals surface area contributed by atoms with Crippen LogP contribution in [0.4, 0.5) is 0 Å². The molecule has 76 valence electrons. The highest BCUT2D eigenvalue weighted by atomic mass is 16.7. The van der Waals surface area contributed by atoms with Gasteiger partial charge >= 0.3 is 5.97 Å². The van der Waals surface area contributed by atoms with Gasteiger partial charge in [-0.15, -0.1) is 0 Å². The lowest BCUT2D eigenvalue weighted by Gasteiger charge is -2.29. The first-order valence-corrected chi connectivity index (χ1v) is 4.59. The fourth-order valence-corrected chi connectivity index (χ4v) is 1.45. The van der Waals surface area contributed by atoms with Gasteiger partial charge in [0, 0.05) is 6.54 Å². The van der Waals surface area contributed by atoms with Gasteiger partial charge in [0.05, 0.1) is 5.60 Å². The van der Waals surface area contributed by atoms with Crippen LogP contribution in [-0.4, -0.2) is 34.3 Å². The van der Waals surface area contributed by atoms with E-state index in [0.717, 1.165) is 6.42 Å². The van der Waals surface area contributed by atoms with Crippen molar-refractivity contribution in [3.63, 3.8) is 0 Å². The molecule has 0 aromatic heterocycles. The van der Waals surface area contributed by atoms with Crippen LogP contribution in [0, 0.1) is 0 Å². The third-order valence-electron chi connectivity index (χ3n) is 1.88. The van der Waals surface area contributed by atoms with E-state index in [4.69, 9.17) is 9.94 Å². The Kier molecular flexibility index (Phi) is 2.93. The lowest BCUT2D eigenvalue weighted by atomic mass is 10.2. The number of hydroxylamine groups is 2. The molecule has 0 aromatic carbocycles. The zero-order valence-electron chi connectivity index (χ0n) is 8.41. The van der Waals surface area contributed by atoms with Gasteiger partial charge < -0.3 is 5.11 Å². The number of carboxylic acid groups (broad SMARTS) is 1. The topological polar surface area (TPSA) is 49.8 Å². The predicted octanol–water partition coefficient (Wildman–Crippen LogP) is 1.27. The van der Waals surface area contributed by atoms with E-state index in [2.05, 4.69) is 0 Å². The van der Waals surface area contributed by atoms with Crippen LogP contribution < -0.4 is 0 Å². The number of hydrogen-bond acceptors (Lipinski definition) is 3. The fraction of sp³-hybridized carbons (Fsp3) is 0.889. The molecular formula is C9H17NO3. The molecule has 0 aromatic rings. The van der Waals surface area contributed by atoms with E-state index in [1.807, 2.05) is 20.8 Å². The minimum atomic E-state index is -0.790. The largest absolute Gasteiger partial charge is 0.480 e. The van der Waals surface area contributed by atoms with E-state index in [1.54, 1.807) is 5.06 Å². The number of aliphatic carboxylic acids is 1. The average Bonchev–Trinajstić information content (AvgIpc) is 2.31. The summed E-state index contributed by atoms with van der Waals surface area (Å²) in [5.74, 6) is -0.790. The van der Waals surface area contributed by atoms with Crippen LogP contribution in [0.5, 0.6) is 0 Å². The Hall–Kier alpha value is -0.610. The van der Waals surface area contributed by atoms with Crippen LogP contribution in [-0.2, 0) is 9.63 Å². The second-order valence-corrected chi connectivity index (χ2v) is 4.34. The van der Waals surface area contributed by atoms with Gasteiger partial charge in [0.15, 0.2) is 0 Å². The van der Waals surface area contributed by atoms with Crippen molar-refractivity contribution < 1.29 is 14.7 Å². The maximum atomic E-state index is 10.8. The SMILES string of the molecule is CC(C)(C)ON1CCC[C@@H]1C(=O)O. The van der Waals surface area contributed by atoms with Crippen LogP contribution in [0.2, 0.25) is 0 Å². The molecule has 1 atom stereocenters. The summed E-state index contributed by atoms with van der Waals surface area (Å²) in [4.78, 5) is 16.3. The van der Waals surface area contributed by atoms with Gasteiger partial charge in [0.25, 0.3) is 0 Å². The number of carboxylic acids is 1. The Morgan fingerprint density at radius 2 is 2.15 bits per heavy atom. The van der Waals surface area contributed by atoms with E-state index < -0.39 is 12.0 Å².